The Kier molecular flexibility index (Phi) is 4.87. The maximum absolute atomic E-state index is 12.8. The molecule has 0 aliphatic carbocycles. The number of rotatable bonds is 4. The number of benzene rings is 1. The number of hydrogen-bond acceptors (Lipinski definition) is 2. The zero-order valence-electron chi connectivity index (χ0n) is 11.1. The van der Waals surface area contributed by atoms with Gasteiger partial charge in [-0.05, 0) is 24.6 Å². The van der Waals surface area contributed by atoms with Gasteiger partial charge in [0.1, 0.15) is 18.9 Å². The molecule has 1 aromatic carbocycles. The molecule has 5 heteroatoms. The number of morpholine rings is 1. The number of carbonyl (C=O) groups is 1. The summed E-state index contributed by atoms with van der Waals surface area (Å²) in [4.78, 5) is 13.2. The Bertz CT molecular complexity index is 416. The van der Waals surface area contributed by atoms with Crippen molar-refractivity contribution in [3.8, 4) is 0 Å². The van der Waals surface area contributed by atoms with E-state index < -0.39 is 0 Å². The third kappa shape index (κ3) is 4.29. The Labute approximate surface area is 112 Å². The lowest BCUT2D eigenvalue weighted by Crippen LogP contribution is -3.15. The molecule has 1 saturated heterocycles. The van der Waals surface area contributed by atoms with Gasteiger partial charge in [0.15, 0.2) is 6.54 Å². The molecule has 0 aromatic heterocycles. The van der Waals surface area contributed by atoms with E-state index in [2.05, 4.69) is 5.32 Å². The van der Waals surface area contributed by atoms with Crippen molar-refractivity contribution in [1.82, 2.24) is 5.32 Å². The van der Waals surface area contributed by atoms with E-state index in [0.717, 1.165) is 31.9 Å². The first-order chi connectivity index (χ1) is 9.15. The van der Waals surface area contributed by atoms with Crippen molar-refractivity contribution in [2.75, 3.05) is 32.8 Å². The first kappa shape index (κ1) is 14.0. The number of amides is 1. The molecule has 0 spiro atoms. The van der Waals surface area contributed by atoms with Crippen LogP contribution in [0.1, 0.15) is 18.5 Å². The summed E-state index contributed by atoms with van der Waals surface area (Å²) in [5.74, 6) is -0.242. The smallest absolute Gasteiger partial charge is 0.275 e. The molecule has 4 nitrogen and oxygen atoms in total. The van der Waals surface area contributed by atoms with Crippen LogP contribution in [0.5, 0.6) is 0 Å². The van der Waals surface area contributed by atoms with Gasteiger partial charge in [-0.25, -0.2) is 4.39 Å². The maximum atomic E-state index is 12.8. The average Bonchev–Trinajstić information content (AvgIpc) is 2.40. The van der Waals surface area contributed by atoms with Gasteiger partial charge < -0.3 is 15.0 Å². The van der Waals surface area contributed by atoms with Crippen molar-refractivity contribution in [3.63, 3.8) is 0 Å². The van der Waals surface area contributed by atoms with Crippen LogP contribution in [0.3, 0.4) is 0 Å². The summed E-state index contributed by atoms with van der Waals surface area (Å²) in [6.45, 7) is 5.55. The molecule has 19 heavy (non-hydrogen) atoms. The van der Waals surface area contributed by atoms with Crippen LogP contribution in [-0.4, -0.2) is 38.8 Å². The van der Waals surface area contributed by atoms with Crippen LogP contribution in [0, 0.1) is 5.82 Å². The highest BCUT2D eigenvalue weighted by atomic mass is 19.1. The van der Waals surface area contributed by atoms with Crippen molar-refractivity contribution < 1.29 is 18.8 Å². The van der Waals surface area contributed by atoms with E-state index in [4.69, 9.17) is 4.74 Å². The van der Waals surface area contributed by atoms with Crippen molar-refractivity contribution in [1.29, 1.82) is 0 Å². The summed E-state index contributed by atoms with van der Waals surface area (Å²) in [5, 5.41) is 2.94. The monoisotopic (exact) mass is 267 g/mol. The summed E-state index contributed by atoms with van der Waals surface area (Å²) >= 11 is 0. The Balaban J connectivity index is 1.82. The molecule has 1 amide bonds. The van der Waals surface area contributed by atoms with E-state index >= 15 is 0 Å². The molecule has 0 saturated carbocycles. The third-order valence-electron chi connectivity index (χ3n) is 3.36. The van der Waals surface area contributed by atoms with Gasteiger partial charge in [-0.1, -0.05) is 12.1 Å². The summed E-state index contributed by atoms with van der Waals surface area (Å²) in [7, 11) is 0. The molecular formula is C14H20FN2O2+. The van der Waals surface area contributed by atoms with Crippen LogP contribution < -0.4 is 10.2 Å². The fourth-order valence-electron chi connectivity index (χ4n) is 2.19. The SMILES string of the molecule is C[C@H](NC(=O)C[NH+]1CCOCC1)c1ccc(F)cc1. The number of hydrogen-bond donors (Lipinski definition) is 2. The number of halogens is 1. The van der Waals surface area contributed by atoms with E-state index in [1.165, 1.54) is 17.0 Å². The quantitative estimate of drug-likeness (QED) is 0.801. The van der Waals surface area contributed by atoms with E-state index in [9.17, 15) is 9.18 Å². The summed E-state index contributed by atoms with van der Waals surface area (Å²) in [6, 6.07) is 6.11. The second-order valence-corrected chi connectivity index (χ2v) is 4.88. The molecule has 2 N–H and O–H groups in total. The number of quaternary nitrogens is 1. The topological polar surface area (TPSA) is 42.8 Å². The molecular weight excluding hydrogens is 247 g/mol. The summed E-state index contributed by atoms with van der Waals surface area (Å²) < 4.78 is 18.1. The van der Waals surface area contributed by atoms with Gasteiger partial charge in [0.2, 0.25) is 0 Å². The third-order valence-corrected chi connectivity index (χ3v) is 3.36. The van der Waals surface area contributed by atoms with Crippen LogP contribution in [0.25, 0.3) is 0 Å². The highest BCUT2D eigenvalue weighted by Crippen LogP contribution is 2.12. The predicted octanol–water partition coefficient (Wildman–Crippen LogP) is -0.0820. The van der Waals surface area contributed by atoms with E-state index in [-0.39, 0.29) is 17.8 Å². The van der Waals surface area contributed by atoms with Crippen LogP contribution in [0.2, 0.25) is 0 Å². The molecule has 1 fully saturated rings. The van der Waals surface area contributed by atoms with Crippen molar-refractivity contribution in [2.45, 2.75) is 13.0 Å². The minimum absolute atomic E-state index is 0.0220. The molecule has 0 radical (unpaired) electrons. The van der Waals surface area contributed by atoms with Gasteiger partial charge in [0.25, 0.3) is 5.91 Å². The normalized spacial score (nSPS) is 18.0. The molecule has 0 unspecified atom stereocenters. The van der Waals surface area contributed by atoms with E-state index in [0.29, 0.717) is 6.54 Å². The van der Waals surface area contributed by atoms with Crippen molar-refractivity contribution in [3.05, 3.63) is 35.6 Å². The number of carbonyl (C=O) groups excluding carboxylic acids is 1. The second-order valence-electron chi connectivity index (χ2n) is 4.88. The van der Waals surface area contributed by atoms with Gasteiger partial charge in [-0.3, -0.25) is 4.79 Å². The summed E-state index contributed by atoms with van der Waals surface area (Å²) in [5.41, 5.74) is 0.909. The van der Waals surface area contributed by atoms with Gasteiger partial charge in [-0.2, -0.15) is 0 Å². The molecule has 104 valence electrons. The second kappa shape index (κ2) is 6.63. The van der Waals surface area contributed by atoms with Crippen LogP contribution in [0.15, 0.2) is 24.3 Å². The predicted molar refractivity (Wildman–Crippen MR) is 69.3 cm³/mol. The molecule has 1 aliphatic heterocycles. The maximum Gasteiger partial charge on any atom is 0.275 e. The zero-order valence-corrected chi connectivity index (χ0v) is 11.1. The first-order valence-corrected chi connectivity index (χ1v) is 6.61. The standard InChI is InChI=1S/C14H19FN2O2/c1-11(12-2-4-13(15)5-3-12)16-14(18)10-17-6-8-19-9-7-17/h2-5,11H,6-10H2,1H3,(H,16,18)/p+1/t11-/m0/s1. The van der Waals surface area contributed by atoms with Gasteiger partial charge in [-0.15, -0.1) is 0 Å². The van der Waals surface area contributed by atoms with E-state index in [1.54, 1.807) is 12.1 Å². The largest absolute Gasteiger partial charge is 0.370 e. The molecule has 1 atom stereocenters. The van der Waals surface area contributed by atoms with Crippen LogP contribution in [0.4, 0.5) is 4.39 Å². The molecule has 2 rings (SSSR count). The fraction of sp³-hybridized carbons (Fsp3) is 0.500. The molecule has 1 aliphatic rings. The zero-order chi connectivity index (χ0) is 13.7. The molecule has 1 aromatic rings. The van der Waals surface area contributed by atoms with Crippen LogP contribution in [-0.2, 0) is 9.53 Å². The molecule has 1 heterocycles. The lowest BCUT2D eigenvalue weighted by molar-refractivity contribution is -0.900. The number of ether oxygens (including phenoxy) is 1. The minimum Gasteiger partial charge on any atom is -0.370 e. The lowest BCUT2D eigenvalue weighted by atomic mass is 10.1. The fourth-order valence-corrected chi connectivity index (χ4v) is 2.19. The Morgan fingerprint density at radius 1 is 1.37 bits per heavy atom. The Morgan fingerprint density at radius 3 is 2.63 bits per heavy atom. The van der Waals surface area contributed by atoms with Crippen molar-refractivity contribution in [2.24, 2.45) is 0 Å². The van der Waals surface area contributed by atoms with Gasteiger partial charge in [0, 0.05) is 0 Å². The van der Waals surface area contributed by atoms with Crippen molar-refractivity contribution >= 4 is 5.91 Å². The lowest BCUT2D eigenvalue weighted by Gasteiger charge is -2.24. The Hall–Kier alpha value is -1.46. The van der Waals surface area contributed by atoms with Gasteiger partial charge in [0.05, 0.1) is 19.3 Å². The average molecular weight is 267 g/mol. The van der Waals surface area contributed by atoms with Crippen LogP contribution >= 0.6 is 0 Å². The highest BCUT2D eigenvalue weighted by Gasteiger charge is 2.19. The highest BCUT2D eigenvalue weighted by molar-refractivity contribution is 5.77. The Morgan fingerprint density at radius 2 is 2.00 bits per heavy atom. The van der Waals surface area contributed by atoms with Gasteiger partial charge >= 0.3 is 0 Å². The number of nitrogens with one attached hydrogen (secondary N) is 2. The van der Waals surface area contributed by atoms with E-state index in [1.807, 2.05) is 6.92 Å². The summed E-state index contributed by atoms with van der Waals surface area (Å²) in [6.07, 6.45) is 0. The minimum atomic E-state index is -0.264. The first-order valence-electron chi connectivity index (χ1n) is 6.61. The molecule has 0 bridgehead atoms.